The molecule has 1 aliphatic carbocycles. The fourth-order valence-electron chi connectivity index (χ4n) is 3.14. The maximum absolute atomic E-state index is 5.53. The molecule has 2 atom stereocenters. The smallest absolute Gasteiger partial charge is 0.0526 e. The van der Waals surface area contributed by atoms with Gasteiger partial charge in [-0.1, -0.05) is 20.8 Å². The van der Waals surface area contributed by atoms with Crippen LogP contribution in [0.2, 0.25) is 0 Å². The van der Waals surface area contributed by atoms with Gasteiger partial charge in [0, 0.05) is 6.61 Å². The molecular weight excluding hydrogens is 148 g/mol. The highest BCUT2D eigenvalue weighted by molar-refractivity contribution is 5.02. The van der Waals surface area contributed by atoms with Gasteiger partial charge in [0.25, 0.3) is 0 Å². The lowest BCUT2D eigenvalue weighted by molar-refractivity contribution is -0.0501. The van der Waals surface area contributed by atoms with E-state index >= 15 is 0 Å². The Hall–Kier alpha value is -0.0400. The third-order valence-electron chi connectivity index (χ3n) is 3.85. The summed E-state index contributed by atoms with van der Waals surface area (Å²) in [6.07, 6.45) is 4.15. The van der Waals surface area contributed by atoms with Crippen LogP contribution in [0.1, 0.15) is 40.0 Å². The second-order valence-electron chi connectivity index (χ2n) is 5.62. The molecule has 0 radical (unpaired) electrons. The van der Waals surface area contributed by atoms with Gasteiger partial charge < -0.3 is 4.74 Å². The van der Waals surface area contributed by atoms with E-state index in [-0.39, 0.29) is 0 Å². The summed E-state index contributed by atoms with van der Waals surface area (Å²) in [6.45, 7) is 9.16. The summed E-state index contributed by atoms with van der Waals surface area (Å²) in [5.74, 6) is 0.910. The maximum atomic E-state index is 5.53. The second kappa shape index (κ2) is 2.47. The molecule has 0 amide bonds. The predicted molar refractivity (Wildman–Crippen MR) is 50.0 cm³/mol. The first kappa shape index (κ1) is 8.55. The summed E-state index contributed by atoms with van der Waals surface area (Å²) in [4.78, 5) is 0. The second-order valence-corrected chi connectivity index (χ2v) is 5.62. The van der Waals surface area contributed by atoms with Crippen LogP contribution in [0, 0.1) is 16.7 Å². The van der Waals surface area contributed by atoms with Crippen molar-refractivity contribution in [3.63, 3.8) is 0 Å². The van der Waals surface area contributed by atoms with Crippen molar-refractivity contribution in [3.05, 3.63) is 0 Å². The highest BCUT2D eigenvalue weighted by atomic mass is 16.5. The van der Waals surface area contributed by atoms with Crippen molar-refractivity contribution in [2.75, 3.05) is 13.2 Å². The van der Waals surface area contributed by atoms with Gasteiger partial charge in [0.05, 0.1) is 6.61 Å². The molecule has 1 heteroatoms. The lowest BCUT2D eigenvalue weighted by Crippen LogP contribution is -2.47. The minimum absolute atomic E-state index is 0.492. The maximum Gasteiger partial charge on any atom is 0.0526 e. The van der Waals surface area contributed by atoms with Crippen molar-refractivity contribution in [1.29, 1.82) is 0 Å². The van der Waals surface area contributed by atoms with E-state index < -0.39 is 0 Å². The zero-order chi connectivity index (χ0) is 8.82. The van der Waals surface area contributed by atoms with Crippen LogP contribution >= 0.6 is 0 Å². The number of hydrogen-bond acceptors (Lipinski definition) is 1. The molecule has 0 N–H and O–H groups in total. The van der Waals surface area contributed by atoms with Gasteiger partial charge in [0.1, 0.15) is 0 Å². The first-order valence-electron chi connectivity index (χ1n) is 5.12. The van der Waals surface area contributed by atoms with Crippen LogP contribution in [0.25, 0.3) is 0 Å². The van der Waals surface area contributed by atoms with Crippen molar-refractivity contribution in [2.24, 2.45) is 16.7 Å². The Morgan fingerprint density at radius 3 is 2.33 bits per heavy atom. The van der Waals surface area contributed by atoms with Gasteiger partial charge in [-0.15, -0.1) is 0 Å². The van der Waals surface area contributed by atoms with E-state index in [9.17, 15) is 0 Å². The quantitative estimate of drug-likeness (QED) is 0.540. The summed E-state index contributed by atoms with van der Waals surface area (Å²) < 4.78 is 5.53. The Labute approximate surface area is 75.5 Å². The molecule has 0 bridgehead atoms. The number of ether oxygens (including phenoxy) is 1. The van der Waals surface area contributed by atoms with Crippen LogP contribution in [0.5, 0.6) is 0 Å². The predicted octanol–water partition coefficient (Wildman–Crippen LogP) is 2.85. The highest BCUT2D eigenvalue weighted by Crippen LogP contribution is 2.58. The zero-order valence-electron chi connectivity index (χ0n) is 8.52. The largest absolute Gasteiger partial charge is 0.381 e. The van der Waals surface area contributed by atoms with Crippen molar-refractivity contribution in [1.82, 2.24) is 0 Å². The Morgan fingerprint density at radius 2 is 2.00 bits per heavy atom. The summed E-state index contributed by atoms with van der Waals surface area (Å²) in [5, 5.41) is 0. The van der Waals surface area contributed by atoms with E-state index in [1.54, 1.807) is 0 Å². The van der Waals surface area contributed by atoms with Crippen molar-refractivity contribution >= 4 is 0 Å². The van der Waals surface area contributed by atoms with Gasteiger partial charge in [-0.05, 0) is 36.0 Å². The molecular formula is C11H20O. The summed E-state index contributed by atoms with van der Waals surface area (Å²) in [5.41, 5.74) is 1.09. The summed E-state index contributed by atoms with van der Waals surface area (Å²) >= 11 is 0. The first-order chi connectivity index (χ1) is 5.55. The van der Waals surface area contributed by atoms with Crippen LogP contribution in [-0.2, 0) is 4.74 Å². The monoisotopic (exact) mass is 168 g/mol. The van der Waals surface area contributed by atoms with Gasteiger partial charge in [-0.25, -0.2) is 0 Å². The van der Waals surface area contributed by atoms with Gasteiger partial charge >= 0.3 is 0 Å². The fourth-order valence-corrected chi connectivity index (χ4v) is 3.14. The molecule has 0 aromatic heterocycles. The van der Waals surface area contributed by atoms with Crippen LogP contribution in [-0.4, -0.2) is 13.2 Å². The molecule has 1 unspecified atom stereocenters. The van der Waals surface area contributed by atoms with Crippen molar-refractivity contribution in [2.45, 2.75) is 40.0 Å². The van der Waals surface area contributed by atoms with Gasteiger partial charge in [-0.2, -0.15) is 0 Å². The lowest BCUT2D eigenvalue weighted by atomic mass is 9.52. The average Bonchev–Trinajstić information content (AvgIpc) is 2.28. The zero-order valence-corrected chi connectivity index (χ0v) is 8.52. The topological polar surface area (TPSA) is 9.23 Å². The minimum Gasteiger partial charge on any atom is -0.381 e. The van der Waals surface area contributed by atoms with Crippen LogP contribution in [0.15, 0.2) is 0 Å². The summed E-state index contributed by atoms with van der Waals surface area (Å²) in [6, 6.07) is 0. The number of rotatable bonds is 0. The molecule has 1 heterocycles. The van der Waals surface area contributed by atoms with Crippen molar-refractivity contribution in [3.8, 4) is 0 Å². The van der Waals surface area contributed by atoms with E-state index in [4.69, 9.17) is 4.74 Å². The summed E-state index contributed by atoms with van der Waals surface area (Å²) in [7, 11) is 0. The molecule has 1 aliphatic heterocycles. The Morgan fingerprint density at radius 1 is 1.25 bits per heavy atom. The molecule has 1 nitrogen and oxygen atoms in total. The molecule has 1 saturated carbocycles. The lowest BCUT2D eigenvalue weighted by Gasteiger charge is -2.53. The number of hydrogen-bond donors (Lipinski definition) is 0. The molecule has 2 aliphatic rings. The molecule has 2 fully saturated rings. The molecule has 1 saturated heterocycles. The normalized spacial score (nSPS) is 41.8. The van der Waals surface area contributed by atoms with E-state index in [2.05, 4.69) is 20.8 Å². The van der Waals surface area contributed by atoms with E-state index in [0.29, 0.717) is 10.8 Å². The van der Waals surface area contributed by atoms with Crippen molar-refractivity contribution < 1.29 is 4.74 Å². The molecule has 1 spiro atoms. The molecule has 70 valence electrons. The van der Waals surface area contributed by atoms with Gasteiger partial charge in [0.15, 0.2) is 0 Å². The van der Waals surface area contributed by atoms with Crippen LogP contribution < -0.4 is 0 Å². The fraction of sp³-hybridized carbons (Fsp3) is 1.00. The van der Waals surface area contributed by atoms with E-state index in [1.807, 2.05) is 0 Å². The molecule has 12 heavy (non-hydrogen) atoms. The van der Waals surface area contributed by atoms with E-state index in [1.165, 1.54) is 19.3 Å². The minimum atomic E-state index is 0.492. The average molecular weight is 168 g/mol. The van der Waals surface area contributed by atoms with Crippen LogP contribution in [0.3, 0.4) is 0 Å². The SMILES string of the molecule is CC(C)(C)C1CC[C@@]12CCOC2. The highest BCUT2D eigenvalue weighted by Gasteiger charge is 2.53. The standard InChI is InChI=1S/C11H20O/c1-10(2,3)9-4-5-11(9)6-7-12-8-11/h9H,4-8H2,1-3H3/t9?,11-/m0/s1. The Bertz CT molecular complexity index is 172. The van der Waals surface area contributed by atoms with Crippen LogP contribution in [0.4, 0.5) is 0 Å². The third kappa shape index (κ3) is 1.10. The Balaban J connectivity index is 2.09. The molecule has 0 aromatic rings. The van der Waals surface area contributed by atoms with Gasteiger partial charge in [0.2, 0.25) is 0 Å². The molecule has 0 aromatic carbocycles. The third-order valence-corrected chi connectivity index (χ3v) is 3.85. The first-order valence-corrected chi connectivity index (χ1v) is 5.12. The molecule has 2 rings (SSSR count). The van der Waals surface area contributed by atoms with E-state index in [0.717, 1.165) is 19.1 Å². The Kier molecular flexibility index (Phi) is 1.76. The van der Waals surface area contributed by atoms with Gasteiger partial charge in [-0.3, -0.25) is 0 Å².